The first kappa shape index (κ1) is 18.8. The number of benzene rings is 2. The Morgan fingerprint density at radius 1 is 1.28 bits per heavy atom. The lowest BCUT2D eigenvalue weighted by Crippen LogP contribution is -2.29. The fourth-order valence-corrected chi connectivity index (χ4v) is 3.22. The minimum absolute atomic E-state index is 0.123. The van der Waals surface area contributed by atoms with Gasteiger partial charge in [-0.05, 0) is 42.0 Å². The quantitative estimate of drug-likeness (QED) is 0.462. The van der Waals surface area contributed by atoms with Crippen LogP contribution in [0, 0.1) is 5.82 Å². The van der Waals surface area contributed by atoms with E-state index in [0.29, 0.717) is 35.9 Å². The fourth-order valence-electron chi connectivity index (χ4n) is 3.22. The molecule has 1 aromatic heterocycles. The summed E-state index contributed by atoms with van der Waals surface area (Å²) >= 11 is 0. The average molecular weight is 396 g/mol. The molecule has 148 valence electrons. The fraction of sp³-hybridized carbons (Fsp3) is 0.150. The minimum Gasteiger partial charge on any atom is -0.444 e. The van der Waals surface area contributed by atoms with Crippen molar-refractivity contribution in [2.24, 2.45) is 0 Å². The number of aromatic nitrogens is 1. The number of anilines is 1. The van der Waals surface area contributed by atoms with Crippen molar-refractivity contribution in [3.8, 4) is 11.5 Å². The Bertz CT molecular complexity index is 1080. The van der Waals surface area contributed by atoms with Crippen LogP contribution in [0.25, 0.3) is 11.5 Å². The van der Waals surface area contributed by atoms with E-state index in [1.807, 2.05) is 4.90 Å². The molecular weight excluding hydrogens is 379 g/mol. The molecule has 0 aliphatic carbocycles. The van der Waals surface area contributed by atoms with E-state index in [9.17, 15) is 14.0 Å². The van der Waals surface area contributed by atoms with Crippen LogP contribution >= 0.6 is 0 Å². The molecule has 4 rings (SSSR count). The van der Waals surface area contributed by atoms with Gasteiger partial charge in [0.05, 0.1) is 12.2 Å². The summed E-state index contributed by atoms with van der Waals surface area (Å²) in [6.07, 6.45) is 1.47. The Labute approximate surface area is 164 Å². The highest BCUT2D eigenvalue weighted by molar-refractivity contribution is 5.97. The molecule has 3 N–H and O–H groups in total. The summed E-state index contributed by atoms with van der Waals surface area (Å²) in [5.74, 6) is -0.921. The van der Waals surface area contributed by atoms with Crippen LogP contribution in [-0.4, -0.2) is 33.5 Å². The molecule has 0 fully saturated rings. The van der Waals surface area contributed by atoms with E-state index < -0.39 is 5.91 Å². The van der Waals surface area contributed by atoms with Crippen molar-refractivity contribution in [3.63, 3.8) is 0 Å². The van der Waals surface area contributed by atoms with Crippen molar-refractivity contribution in [3.05, 3.63) is 71.4 Å². The molecule has 2 amide bonds. The van der Waals surface area contributed by atoms with E-state index >= 15 is 0 Å². The number of hydrogen-bond donors (Lipinski definition) is 3. The maximum absolute atomic E-state index is 13.4. The van der Waals surface area contributed by atoms with Gasteiger partial charge in [0, 0.05) is 29.9 Å². The number of oxazole rings is 1. The van der Waals surface area contributed by atoms with Crippen molar-refractivity contribution in [2.75, 3.05) is 11.9 Å². The molecular formula is C20H17FN4O4. The van der Waals surface area contributed by atoms with Crippen molar-refractivity contribution >= 4 is 17.5 Å². The number of nitrogens with zero attached hydrogens (tertiary/aromatic N) is 2. The van der Waals surface area contributed by atoms with Crippen LogP contribution in [0.3, 0.4) is 0 Å². The van der Waals surface area contributed by atoms with Crippen LogP contribution in [-0.2, 0) is 17.9 Å². The SMILES string of the molecule is O=C1CN(Cc2coc(-c3cccc(F)c3)n2)Cc2cc(C(=O)NO)ccc2N1. The first-order valence-corrected chi connectivity index (χ1v) is 8.82. The molecule has 3 aromatic rings. The third-order valence-electron chi connectivity index (χ3n) is 4.51. The first-order chi connectivity index (χ1) is 14.0. The molecule has 0 radical (unpaired) electrons. The minimum atomic E-state index is -0.633. The van der Waals surface area contributed by atoms with Crippen molar-refractivity contribution < 1.29 is 23.6 Å². The molecule has 0 bridgehead atoms. The Hall–Kier alpha value is -3.56. The number of amides is 2. The summed E-state index contributed by atoms with van der Waals surface area (Å²) in [6.45, 7) is 0.823. The summed E-state index contributed by atoms with van der Waals surface area (Å²) in [6, 6.07) is 10.7. The molecule has 1 aliphatic heterocycles. The predicted octanol–water partition coefficient (Wildman–Crippen LogP) is 2.55. The van der Waals surface area contributed by atoms with Gasteiger partial charge in [-0.1, -0.05) is 6.07 Å². The molecule has 0 saturated heterocycles. The molecule has 0 unspecified atom stereocenters. The van der Waals surface area contributed by atoms with E-state index in [1.165, 1.54) is 24.5 Å². The van der Waals surface area contributed by atoms with Crippen molar-refractivity contribution in [1.82, 2.24) is 15.4 Å². The summed E-state index contributed by atoms with van der Waals surface area (Å²) in [4.78, 5) is 30.1. The monoisotopic (exact) mass is 396 g/mol. The number of halogens is 1. The highest BCUT2D eigenvalue weighted by Crippen LogP contribution is 2.24. The second kappa shape index (κ2) is 7.82. The number of hydroxylamine groups is 1. The number of carbonyl (C=O) groups excluding carboxylic acids is 2. The van der Waals surface area contributed by atoms with Gasteiger partial charge in [-0.15, -0.1) is 0 Å². The van der Waals surface area contributed by atoms with Crippen LogP contribution in [0.15, 0.2) is 53.1 Å². The maximum Gasteiger partial charge on any atom is 0.274 e. The van der Waals surface area contributed by atoms with Crippen LogP contribution in [0.4, 0.5) is 10.1 Å². The highest BCUT2D eigenvalue weighted by Gasteiger charge is 2.22. The van der Waals surface area contributed by atoms with Crippen LogP contribution in [0.5, 0.6) is 0 Å². The Kier molecular flexibility index (Phi) is 5.07. The van der Waals surface area contributed by atoms with Crippen molar-refractivity contribution in [2.45, 2.75) is 13.1 Å². The second-order valence-electron chi connectivity index (χ2n) is 6.66. The zero-order chi connectivity index (χ0) is 20.4. The predicted molar refractivity (Wildman–Crippen MR) is 100 cm³/mol. The number of carbonyl (C=O) groups is 2. The lowest BCUT2D eigenvalue weighted by molar-refractivity contribution is -0.117. The summed E-state index contributed by atoms with van der Waals surface area (Å²) < 4.78 is 18.9. The Balaban J connectivity index is 1.55. The number of rotatable bonds is 4. The summed E-state index contributed by atoms with van der Waals surface area (Å²) in [5.41, 5.74) is 4.31. The topological polar surface area (TPSA) is 108 Å². The third-order valence-corrected chi connectivity index (χ3v) is 4.51. The van der Waals surface area contributed by atoms with E-state index in [4.69, 9.17) is 9.62 Å². The number of nitrogens with one attached hydrogen (secondary N) is 2. The lowest BCUT2D eigenvalue weighted by atomic mass is 10.1. The zero-order valence-corrected chi connectivity index (χ0v) is 15.2. The molecule has 2 heterocycles. The molecule has 0 atom stereocenters. The normalized spacial score (nSPS) is 14.1. The van der Waals surface area contributed by atoms with Gasteiger partial charge in [0.15, 0.2) is 0 Å². The average Bonchev–Trinajstić information content (AvgIpc) is 3.10. The maximum atomic E-state index is 13.4. The molecule has 0 saturated carbocycles. The third kappa shape index (κ3) is 4.15. The van der Waals surface area contributed by atoms with Gasteiger partial charge in [0.1, 0.15) is 12.1 Å². The number of fused-ring (bicyclic) bond motifs is 1. The largest absolute Gasteiger partial charge is 0.444 e. The Morgan fingerprint density at radius 3 is 2.93 bits per heavy atom. The van der Waals surface area contributed by atoms with Gasteiger partial charge in [0.25, 0.3) is 5.91 Å². The molecule has 8 nitrogen and oxygen atoms in total. The summed E-state index contributed by atoms with van der Waals surface area (Å²) in [5, 5.41) is 11.6. The smallest absolute Gasteiger partial charge is 0.274 e. The lowest BCUT2D eigenvalue weighted by Gasteiger charge is -2.17. The van der Waals surface area contributed by atoms with Crippen LogP contribution < -0.4 is 10.8 Å². The summed E-state index contributed by atoms with van der Waals surface area (Å²) in [7, 11) is 0. The van der Waals surface area contributed by atoms with E-state index in [1.54, 1.807) is 29.7 Å². The molecule has 9 heteroatoms. The molecule has 1 aliphatic rings. The number of hydrogen-bond acceptors (Lipinski definition) is 6. The van der Waals surface area contributed by atoms with E-state index in [2.05, 4.69) is 10.3 Å². The molecule has 29 heavy (non-hydrogen) atoms. The Morgan fingerprint density at radius 2 is 2.14 bits per heavy atom. The second-order valence-corrected chi connectivity index (χ2v) is 6.66. The van der Waals surface area contributed by atoms with Gasteiger partial charge >= 0.3 is 0 Å². The zero-order valence-electron chi connectivity index (χ0n) is 15.2. The van der Waals surface area contributed by atoms with Gasteiger partial charge in [-0.2, -0.15) is 0 Å². The van der Waals surface area contributed by atoms with Gasteiger partial charge in [-0.3, -0.25) is 19.7 Å². The molecule has 0 spiro atoms. The van der Waals surface area contributed by atoms with Gasteiger partial charge in [-0.25, -0.2) is 14.9 Å². The van der Waals surface area contributed by atoms with Crippen molar-refractivity contribution in [1.29, 1.82) is 0 Å². The van der Waals surface area contributed by atoms with Crippen LogP contribution in [0.1, 0.15) is 21.6 Å². The highest BCUT2D eigenvalue weighted by atomic mass is 19.1. The van der Waals surface area contributed by atoms with Gasteiger partial charge < -0.3 is 9.73 Å². The van der Waals surface area contributed by atoms with Gasteiger partial charge in [0.2, 0.25) is 11.8 Å². The van der Waals surface area contributed by atoms with E-state index in [0.717, 1.165) is 5.56 Å². The first-order valence-electron chi connectivity index (χ1n) is 8.82. The standard InChI is InChI=1S/C20H17FN4O4/c21-15-3-1-2-13(7-15)20-22-16(11-29-20)9-25-8-14-6-12(19(27)24-28)4-5-17(14)23-18(26)10-25/h1-7,11,28H,8-10H2,(H,23,26)(H,24,27). The molecule has 2 aromatic carbocycles. The van der Waals surface area contributed by atoms with Crippen LogP contribution in [0.2, 0.25) is 0 Å². The van der Waals surface area contributed by atoms with E-state index in [-0.39, 0.29) is 23.8 Å².